The standard InChI is InChI=1S/C24H29N5OS/c1-16-15-20(17(2)29(16)19-10-8-18(9-11-19)27(3)4)23-22(21-7-5-6-12-25-21)26-24(31)28(23)13-14-30/h5-12,15,22-23,30H,13-14H2,1-4H3,(H,26,31)/t22-,23+/m0/s1. The highest BCUT2D eigenvalue weighted by atomic mass is 32.1. The zero-order valence-electron chi connectivity index (χ0n) is 18.4. The molecule has 0 spiro atoms. The number of benzene rings is 1. The van der Waals surface area contributed by atoms with Crippen LogP contribution in [0, 0.1) is 13.8 Å². The number of aliphatic hydroxyl groups is 1. The number of anilines is 1. The van der Waals surface area contributed by atoms with E-state index in [4.69, 9.17) is 12.2 Å². The molecule has 0 amide bonds. The van der Waals surface area contributed by atoms with E-state index in [1.165, 1.54) is 11.3 Å². The Morgan fingerprint density at radius 2 is 1.87 bits per heavy atom. The van der Waals surface area contributed by atoms with Gasteiger partial charge in [0.2, 0.25) is 0 Å². The maximum absolute atomic E-state index is 9.69. The van der Waals surface area contributed by atoms with Crippen LogP contribution in [0.5, 0.6) is 0 Å². The predicted octanol–water partition coefficient (Wildman–Crippen LogP) is 3.52. The van der Waals surface area contributed by atoms with Crippen LogP contribution in [0.1, 0.15) is 34.7 Å². The lowest BCUT2D eigenvalue weighted by atomic mass is 9.97. The molecule has 7 heteroatoms. The Bertz CT molecular complexity index is 1060. The molecule has 2 N–H and O–H groups in total. The van der Waals surface area contributed by atoms with Gasteiger partial charge < -0.3 is 24.8 Å². The van der Waals surface area contributed by atoms with Crippen LogP contribution >= 0.6 is 12.2 Å². The summed E-state index contributed by atoms with van der Waals surface area (Å²) >= 11 is 5.64. The zero-order chi connectivity index (χ0) is 22.1. The molecule has 1 saturated heterocycles. The minimum atomic E-state index is -0.0784. The van der Waals surface area contributed by atoms with E-state index < -0.39 is 0 Å². The van der Waals surface area contributed by atoms with Crippen molar-refractivity contribution in [1.29, 1.82) is 0 Å². The monoisotopic (exact) mass is 435 g/mol. The number of pyridine rings is 1. The summed E-state index contributed by atoms with van der Waals surface area (Å²) in [6.45, 7) is 4.79. The van der Waals surface area contributed by atoms with Crippen molar-refractivity contribution >= 4 is 23.0 Å². The number of hydrogen-bond acceptors (Lipinski definition) is 4. The van der Waals surface area contributed by atoms with Gasteiger partial charge in [0.15, 0.2) is 5.11 Å². The van der Waals surface area contributed by atoms with E-state index in [-0.39, 0.29) is 18.7 Å². The molecule has 0 aliphatic carbocycles. The van der Waals surface area contributed by atoms with Crippen LogP contribution in [0.2, 0.25) is 0 Å². The summed E-state index contributed by atoms with van der Waals surface area (Å²) in [6, 6.07) is 16.6. The van der Waals surface area contributed by atoms with Crippen LogP contribution in [0.3, 0.4) is 0 Å². The fourth-order valence-corrected chi connectivity index (χ4v) is 4.81. The molecule has 0 radical (unpaired) electrons. The van der Waals surface area contributed by atoms with E-state index in [1.807, 2.05) is 32.3 Å². The molecule has 2 atom stereocenters. The average Bonchev–Trinajstić information content (AvgIpc) is 3.24. The number of aryl methyl sites for hydroxylation is 1. The number of hydrogen-bond donors (Lipinski definition) is 2. The van der Waals surface area contributed by atoms with E-state index in [2.05, 4.69) is 68.8 Å². The van der Waals surface area contributed by atoms with Crippen LogP contribution < -0.4 is 10.2 Å². The van der Waals surface area contributed by atoms with Crippen molar-refractivity contribution in [1.82, 2.24) is 19.8 Å². The first-order valence-corrected chi connectivity index (χ1v) is 10.9. The Labute approximate surface area is 189 Å². The largest absolute Gasteiger partial charge is 0.395 e. The first-order valence-electron chi connectivity index (χ1n) is 10.5. The molecule has 1 fully saturated rings. The summed E-state index contributed by atoms with van der Waals surface area (Å²) in [4.78, 5) is 8.76. The van der Waals surface area contributed by atoms with Gasteiger partial charge in [-0.05, 0) is 74.1 Å². The molecule has 0 saturated carbocycles. The normalized spacial score (nSPS) is 18.4. The molecule has 4 rings (SSSR count). The second kappa shape index (κ2) is 8.69. The van der Waals surface area contributed by atoms with E-state index in [1.54, 1.807) is 6.20 Å². The highest BCUT2D eigenvalue weighted by molar-refractivity contribution is 7.80. The predicted molar refractivity (Wildman–Crippen MR) is 129 cm³/mol. The molecule has 3 aromatic rings. The van der Waals surface area contributed by atoms with Gasteiger partial charge in [0.1, 0.15) is 0 Å². The Morgan fingerprint density at radius 1 is 1.13 bits per heavy atom. The van der Waals surface area contributed by atoms with Gasteiger partial charge in [0.25, 0.3) is 0 Å². The summed E-state index contributed by atoms with van der Waals surface area (Å²) in [5.41, 5.74) is 6.74. The molecule has 6 nitrogen and oxygen atoms in total. The van der Waals surface area contributed by atoms with Gasteiger partial charge in [0.05, 0.1) is 24.4 Å². The van der Waals surface area contributed by atoms with Crippen LogP contribution in [0.25, 0.3) is 5.69 Å². The molecule has 3 heterocycles. The maximum Gasteiger partial charge on any atom is 0.170 e. The SMILES string of the molecule is Cc1cc([C@@H]2[C@H](c3ccccn3)NC(=S)N2CCO)c(C)n1-c1ccc(N(C)C)cc1. The third kappa shape index (κ3) is 3.91. The molecule has 31 heavy (non-hydrogen) atoms. The van der Waals surface area contributed by atoms with Gasteiger partial charge >= 0.3 is 0 Å². The fraction of sp³-hybridized carbons (Fsp3) is 0.333. The lowest BCUT2D eigenvalue weighted by Gasteiger charge is -2.27. The molecule has 1 aromatic carbocycles. The van der Waals surface area contributed by atoms with E-state index in [0.717, 1.165) is 22.8 Å². The van der Waals surface area contributed by atoms with Gasteiger partial charge in [-0.2, -0.15) is 0 Å². The van der Waals surface area contributed by atoms with Crippen LogP contribution in [-0.2, 0) is 0 Å². The Balaban J connectivity index is 1.79. The van der Waals surface area contributed by atoms with E-state index in [9.17, 15) is 5.11 Å². The molecular formula is C24H29N5OS. The quantitative estimate of drug-likeness (QED) is 0.578. The summed E-state index contributed by atoms with van der Waals surface area (Å²) in [5, 5.41) is 13.8. The van der Waals surface area contributed by atoms with E-state index >= 15 is 0 Å². The second-order valence-corrected chi connectivity index (χ2v) is 8.50. The second-order valence-electron chi connectivity index (χ2n) is 8.12. The number of nitrogens with zero attached hydrogens (tertiary/aromatic N) is 4. The molecule has 1 aliphatic heterocycles. The minimum absolute atomic E-state index is 0.0397. The first kappa shape index (κ1) is 21.3. The lowest BCUT2D eigenvalue weighted by Crippen LogP contribution is -2.32. The smallest absolute Gasteiger partial charge is 0.170 e. The van der Waals surface area contributed by atoms with Crippen LogP contribution in [0.4, 0.5) is 5.69 Å². The number of β-amino-alcohol motifs (C(OH)–C–C–N with tert-alkyl or cyclic N) is 1. The number of nitrogens with one attached hydrogen (secondary N) is 1. The molecular weight excluding hydrogens is 406 g/mol. The average molecular weight is 436 g/mol. The van der Waals surface area contributed by atoms with Crippen molar-refractivity contribution in [3.05, 3.63) is 77.4 Å². The zero-order valence-corrected chi connectivity index (χ0v) is 19.2. The van der Waals surface area contributed by atoms with E-state index in [0.29, 0.717) is 11.7 Å². The van der Waals surface area contributed by atoms with Crippen LogP contribution in [0.15, 0.2) is 54.7 Å². The molecule has 0 unspecified atom stereocenters. The lowest BCUT2D eigenvalue weighted by molar-refractivity contribution is 0.223. The first-order chi connectivity index (χ1) is 14.9. The maximum atomic E-state index is 9.69. The van der Waals surface area contributed by atoms with Crippen molar-refractivity contribution < 1.29 is 5.11 Å². The van der Waals surface area contributed by atoms with Crippen molar-refractivity contribution in [2.75, 3.05) is 32.1 Å². The summed E-state index contributed by atoms with van der Waals surface area (Å²) in [6.07, 6.45) is 1.81. The van der Waals surface area contributed by atoms with Crippen molar-refractivity contribution in [2.24, 2.45) is 0 Å². The van der Waals surface area contributed by atoms with Crippen LogP contribution in [-0.4, -0.2) is 51.9 Å². The molecule has 162 valence electrons. The highest BCUT2D eigenvalue weighted by Gasteiger charge is 2.41. The fourth-order valence-electron chi connectivity index (χ4n) is 4.48. The third-order valence-electron chi connectivity index (χ3n) is 5.95. The summed E-state index contributed by atoms with van der Waals surface area (Å²) in [7, 11) is 4.09. The van der Waals surface area contributed by atoms with Gasteiger partial charge in [-0.15, -0.1) is 0 Å². The number of aromatic nitrogens is 2. The Hall–Kier alpha value is -2.90. The van der Waals surface area contributed by atoms with Gasteiger partial charge in [-0.1, -0.05) is 6.07 Å². The van der Waals surface area contributed by atoms with Crippen molar-refractivity contribution in [3.8, 4) is 5.69 Å². The molecule has 1 aliphatic rings. The topological polar surface area (TPSA) is 56.6 Å². The minimum Gasteiger partial charge on any atom is -0.395 e. The van der Waals surface area contributed by atoms with Gasteiger partial charge in [0, 0.05) is 49.6 Å². The summed E-state index contributed by atoms with van der Waals surface area (Å²) < 4.78 is 2.28. The van der Waals surface area contributed by atoms with Crippen molar-refractivity contribution in [2.45, 2.75) is 25.9 Å². The summed E-state index contributed by atoms with van der Waals surface area (Å²) in [5.74, 6) is 0. The Kier molecular flexibility index (Phi) is 5.98. The number of aliphatic hydroxyl groups excluding tert-OH is 1. The molecule has 2 aromatic heterocycles. The highest BCUT2D eigenvalue weighted by Crippen LogP contribution is 2.41. The number of thiocarbonyl (C=S) groups is 1. The molecule has 0 bridgehead atoms. The Morgan fingerprint density at radius 3 is 2.48 bits per heavy atom. The van der Waals surface area contributed by atoms with Gasteiger partial charge in [-0.25, -0.2) is 0 Å². The number of rotatable bonds is 6. The third-order valence-corrected chi connectivity index (χ3v) is 6.30. The van der Waals surface area contributed by atoms with Crippen molar-refractivity contribution in [3.63, 3.8) is 0 Å². The van der Waals surface area contributed by atoms with Gasteiger partial charge in [-0.3, -0.25) is 4.98 Å².